The molecular formula is C11H21N3S. The Balaban J connectivity index is 2.41. The van der Waals surface area contributed by atoms with Crippen LogP contribution >= 0.6 is 11.3 Å². The number of nitrogens with zero attached hydrogens (tertiary/aromatic N) is 1. The van der Waals surface area contributed by atoms with Crippen molar-refractivity contribution in [2.24, 2.45) is 11.7 Å². The lowest BCUT2D eigenvalue weighted by Gasteiger charge is -2.13. The van der Waals surface area contributed by atoms with E-state index >= 15 is 0 Å². The standard InChI is InChI=1S/C11H21N3S/c1-4-10(5-6-12)7-13-11-14-8(2)9(3)15-11/h10H,4-7,12H2,1-3H3,(H,13,14). The summed E-state index contributed by atoms with van der Waals surface area (Å²) >= 11 is 1.73. The Morgan fingerprint density at radius 2 is 2.20 bits per heavy atom. The fourth-order valence-corrected chi connectivity index (χ4v) is 2.29. The van der Waals surface area contributed by atoms with Crippen molar-refractivity contribution < 1.29 is 0 Å². The average molecular weight is 227 g/mol. The monoisotopic (exact) mass is 227 g/mol. The Morgan fingerprint density at radius 3 is 2.67 bits per heavy atom. The molecule has 1 aromatic rings. The van der Waals surface area contributed by atoms with Gasteiger partial charge in [0.15, 0.2) is 5.13 Å². The number of anilines is 1. The van der Waals surface area contributed by atoms with E-state index in [-0.39, 0.29) is 0 Å². The van der Waals surface area contributed by atoms with Crippen LogP contribution < -0.4 is 11.1 Å². The molecule has 0 saturated carbocycles. The van der Waals surface area contributed by atoms with Crippen LogP contribution in [0.5, 0.6) is 0 Å². The number of thiazole rings is 1. The van der Waals surface area contributed by atoms with E-state index in [1.165, 1.54) is 11.3 Å². The topological polar surface area (TPSA) is 50.9 Å². The minimum absolute atomic E-state index is 0.666. The molecule has 3 N–H and O–H groups in total. The summed E-state index contributed by atoms with van der Waals surface area (Å²) < 4.78 is 0. The van der Waals surface area contributed by atoms with Gasteiger partial charge in [-0.15, -0.1) is 11.3 Å². The first-order valence-corrected chi connectivity index (χ1v) is 6.37. The molecule has 1 atom stereocenters. The number of aryl methyl sites for hydroxylation is 2. The molecule has 0 aliphatic rings. The first-order valence-electron chi connectivity index (χ1n) is 5.55. The summed E-state index contributed by atoms with van der Waals surface area (Å²) in [6.45, 7) is 8.13. The Kier molecular flexibility index (Phi) is 5.05. The van der Waals surface area contributed by atoms with Gasteiger partial charge in [0.25, 0.3) is 0 Å². The van der Waals surface area contributed by atoms with Crippen LogP contribution in [0, 0.1) is 19.8 Å². The Labute approximate surface area is 96.1 Å². The van der Waals surface area contributed by atoms with Gasteiger partial charge in [0.05, 0.1) is 5.69 Å². The fourth-order valence-electron chi connectivity index (χ4n) is 1.47. The van der Waals surface area contributed by atoms with Crippen molar-refractivity contribution in [3.63, 3.8) is 0 Å². The second-order valence-corrected chi connectivity index (χ2v) is 5.10. The van der Waals surface area contributed by atoms with Gasteiger partial charge in [-0.1, -0.05) is 13.3 Å². The van der Waals surface area contributed by atoms with Crippen LogP contribution in [0.25, 0.3) is 0 Å². The SMILES string of the molecule is CCC(CCN)CNc1nc(C)c(C)s1. The van der Waals surface area contributed by atoms with Gasteiger partial charge >= 0.3 is 0 Å². The first-order chi connectivity index (χ1) is 7.17. The molecule has 0 aliphatic heterocycles. The molecule has 0 spiro atoms. The summed E-state index contributed by atoms with van der Waals surface area (Å²) in [4.78, 5) is 5.75. The lowest BCUT2D eigenvalue weighted by atomic mass is 10.0. The number of nitrogens with two attached hydrogens (primary N) is 1. The number of rotatable bonds is 6. The van der Waals surface area contributed by atoms with Crippen molar-refractivity contribution in [1.82, 2.24) is 4.98 Å². The highest BCUT2D eigenvalue weighted by Gasteiger charge is 2.07. The third-order valence-electron chi connectivity index (χ3n) is 2.72. The molecule has 1 rings (SSSR count). The van der Waals surface area contributed by atoms with Crippen LogP contribution in [0.15, 0.2) is 0 Å². The average Bonchev–Trinajstić information content (AvgIpc) is 2.53. The van der Waals surface area contributed by atoms with E-state index in [0.29, 0.717) is 5.92 Å². The Hall–Kier alpha value is -0.610. The van der Waals surface area contributed by atoms with E-state index in [4.69, 9.17) is 5.73 Å². The lowest BCUT2D eigenvalue weighted by Crippen LogP contribution is -2.17. The van der Waals surface area contributed by atoms with Gasteiger partial charge < -0.3 is 11.1 Å². The van der Waals surface area contributed by atoms with Gasteiger partial charge in [0, 0.05) is 11.4 Å². The van der Waals surface area contributed by atoms with Gasteiger partial charge in [-0.25, -0.2) is 4.98 Å². The largest absolute Gasteiger partial charge is 0.361 e. The second-order valence-electron chi connectivity index (χ2n) is 3.89. The van der Waals surface area contributed by atoms with Gasteiger partial charge in [-0.2, -0.15) is 0 Å². The summed E-state index contributed by atoms with van der Waals surface area (Å²) in [6.07, 6.45) is 2.26. The number of hydrogen-bond donors (Lipinski definition) is 2. The molecule has 0 amide bonds. The lowest BCUT2D eigenvalue weighted by molar-refractivity contribution is 0.501. The number of nitrogens with one attached hydrogen (secondary N) is 1. The minimum atomic E-state index is 0.666. The molecule has 1 heterocycles. The quantitative estimate of drug-likeness (QED) is 0.785. The summed E-state index contributed by atoms with van der Waals surface area (Å²) in [5, 5.41) is 4.44. The summed E-state index contributed by atoms with van der Waals surface area (Å²) in [6, 6.07) is 0. The molecular weight excluding hydrogens is 206 g/mol. The molecule has 0 fully saturated rings. The first kappa shape index (κ1) is 12.5. The zero-order valence-corrected chi connectivity index (χ0v) is 10.7. The fraction of sp³-hybridized carbons (Fsp3) is 0.727. The maximum atomic E-state index is 5.56. The van der Waals surface area contributed by atoms with Gasteiger partial charge in [-0.3, -0.25) is 0 Å². The van der Waals surface area contributed by atoms with E-state index in [2.05, 4.69) is 24.1 Å². The van der Waals surface area contributed by atoms with Gasteiger partial charge in [-0.05, 0) is 32.7 Å². The smallest absolute Gasteiger partial charge is 0.183 e. The number of hydrogen-bond acceptors (Lipinski definition) is 4. The van der Waals surface area contributed by atoms with Crippen molar-refractivity contribution in [2.45, 2.75) is 33.6 Å². The molecule has 1 aromatic heterocycles. The van der Waals surface area contributed by atoms with Crippen LogP contribution in [0.1, 0.15) is 30.3 Å². The highest BCUT2D eigenvalue weighted by atomic mass is 32.1. The summed E-state index contributed by atoms with van der Waals surface area (Å²) in [5.74, 6) is 0.666. The molecule has 0 radical (unpaired) electrons. The molecule has 4 heteroatoms. The minimum Gasteiger partial charge on any atom is -0.361 e. The van der Waals surface area contributed by atoms with Crippen molar-refractivity contribution in [2.75, 3.05) is 18.4 Å². The normalized spacial score (nSPS) is 12.8. The molecule has 0 saturated heterocycles. The van der Waals surface area contributed by atoms with Crippen LogP contribution in [0.2, 0.25) is 0 Å². The predicted octanol–water partition coefficient (Wildman–Crippen LogP) is 2.55. The second kappa shape index (κ2) is 6.08. The van der Waals surface area contributed by atoms with Crippen molar-refractivity contribution in [1.29, 1.82) is 0 Å². The third-order valence-corrected chi connectivity index (χ3v) is 3.75. The Morgan fingerprint density at radius 1 is 1.47 bits per heavy atom. The highest BCUT2D eigenvalue weighted by molar-refractivity contribution is 7.15. The zero-order valence-electron chi connectivity index (χ0n) is 9.84. The van der Waals surface area contributed by atoms with E-state index in [1.54, 1.807) is 11.3 Å². The molecule has 0 aromatic carbocycles. The van der Waals surface area contributed by atoms with Gasteiger partial charge in [0.1, 0.15) is 0 Å². The highest BCUT2D eigenvalue weighted by Crippen LogP contribution is 2.21. The van der Waals surface area contributed by atoms with E-state index in [0.717, 1.165) is 30.3 Å². The van der Waals surface area contributed by atoms with Crippen LogP contribution in [-0.2, 0) is 0 Å². The summed E-state index contributed by atoms with van der Waals surface area (Å²) in [7, 11) is 0. The third kappa shape index (κ3) is 3.80. The zero-order chi connectivity index (χ0) is 11.3. The summed E-state index contributed by atoms with van der Waals surface area (Å²) in [5.41, 5.74) is 6.70. The molecule has 86 valence electrons. The van der Waals surface area contributed by atoms with Crippen LogP contribution in [0.3, 0.4) is 0 Å². The molecule has 1 unspecified atom stereocenters. The van der Waals surface area contributed by atoms with E-state index < -0.39 is 0 Å². The van der Waals surface area contributed by atoms with E-state index in [1.807, 2.05) is 6.92 Å². The Bertz CT molecular complexity index is 277. The van der Waals surface area contributed by atoms with Crippen LogP contribution in [0.4, 0.5) is 5.13 Å². The molecule has 15 heavy (non-hydrogen) atoms. The van der Waals surface area contributed by atoms with Crippen molar-refractivity contribution in [3.05, 3.63) is 10.6 Å². The maximum absolute atomic E-state index is 5.56. The molecule has 0 aliphatic carbocycles. The number of aromatic nitrogens is 1. The predicted molar refractivity (Wildman–Crippen MR) is 67.5 cm³/mol. The van der Waals surface area contributed by atoms with Gasteiger partial charge in [0.2, 0.25) is 0 Å². The van der Waals surface area contributed by atoms with Crippen molar-refractivity contribution >= 4 is 16.5 Å². The maximum Gasteiger partial charge on any atom is 0.183 e. The molecule has 0 bridgehead atoms. The van der Waals surface area contributed by atoms with E-state index in [9.17, 15) is 0 Å². The van der Waals surface area contributed by atoms with Crippen LogP contribution in [-0.4, -0.2) is 18.1 Å². The molecule has 3 nitrogen and oxygen atoms in total. The van der Waals surface area contributed by atoms with Crippen molar-refractivity contribution in [3.8, 4) is 0 Å².